The Kier molecular flexibility index (Phi) is 5.05. The van der Waals surface area contributed by atoms with Crippen molar-refractivity contribution in [2.75, 3.05) is 26.3 Å². The predicted octanol–water partition coefficient (Wildman–Crippen LogP) is 2.36. The van der Waals surface area contributed by atoms with E-state index >= 15 is 0 Å². The van der Waals surface area contributed by atoms with Gasteiger partial charge in [-0.15, -0.1) is 0 Å². The Labute approximate surface area is 118 Å². The molecule has 0 spiro atoms. The molecule has 1 aliphatic heterocycles. The summed E-state index contributed by atoms with van der Waals surface area (Å²) in [5, 5.41) is 0.603. The van der Waals surface area contributed by atoms with E-state index in [1.165, 1.54) is 0 Å². The minimum atomic E-state index is -0.462. The van der Waals surface area contributed by atoms with Gasteiger partial charge in [0.05, 0.1) is 13.2 Å². The van der Waals surface area contributed by atoms with E-state index in [1.54, 1.807) is 23.1 Å². The average Bonchev–Trinajstić information content (AvgIpc) is 2.45. The van der Waals surface area contributed by atoms with Gasteiger partial charge in [0, 0.05) is 18.1 Å². The highest BCUT2D eigenvalue weighted by Crippen LogP contribution is 2.20. The van der Waals surface area contributed by atoms with E-state index in [4.69, 9.17) is 21.1 Å². The monoisotopic (exact) mass is 283 g/mol. The number of benzene rings is 1. The smallest absolute Gasteiger partial charge is 0.263 e. The molecule has 0 unspecified atom stereocenters. The molecule has 1 fully saturated rings. The first-order chi connectivity index (χ1) is 9.20. The van der Waals surface area contributed by atoms with Gasteiger partial charge in [0.15, 0.2) is 6.10 Å². The molecule has 0 saturated carbocycles. The van der Waals surface area contributed by atoms with Crippen molar-refractivity contribution in [3.05, 3.63) is 29.3 Å². The fraction of sp³-hybridized carbons (Fsp3) is 0.500. The Bertz CT molecular complexity index is 432. The quantitative estimate of drug-likeness (QED) is 0.851. The molecule has 4 nitrogen and oxygen atoms in total. The van der Waals surface area contributed by atoms with Crippen molar-refractivity contribution in [3.8, 4) is 5.75 Å². The van der Waals surface area contributed by atoms with Gasteiger partial charge in [0.2, 0.25) is 0 Å². The molecule has 1 aromatic carbocycles. The summed E-state index contributed by atoms with van der Waals surface area (Å²) in [4.78, 5) is 14.1. The number of carbonyl (C=O) groups is 1. The van der Waals surface area contributed by atoms with Crippen molar-refractivity contribution in [2.45, 2.75) is 19.4 Å². The van der Waals surface area contributed by atoms with E-state index in [2.05, 4.69) is 0 Å². The van der Waals surface area contributed by atoms with Crippen LogP contribution in [0.15, 0.2) is 24.3 Å². The summed E-state index contributed by atoms with van der Waals surface area (Å²) in [6.45, 7) is 4.40. The molecule has 0 aliphatic carbocycles. The standard InChI is InChI=1S/C14H18ClNO3/c1-2-13(14(17)16-6-8-18-9-7-16)19-12-5-3-4-11(15)10-12/h3-5,10,13H,2,6-9H2,1H3/t13-/m0/s1. The molecule has 5 heteroatoms. The highest BCUT2D eigenvalue weighted by molar-refractivity contribution is 6.30. The Morgan fingerprint density at radius 3 is 2.84 bits per heavy atom. The van der Waals surface area contributed by atoms with Crippen LogP contribution in [-0.2, 0) is 9.53 Å². The molecule has 0 N–H and O–H groups in total. The third kappa shape index (κ3) is 3.85. The summed E-state index contributed by atoms with van der Waals surface area (Å²) in [6.07, 6.45) is 0.166. The number of morpholine rings is 1. The number of carbonyl (C=O) groups excluding carboxylic acids is 1. The lowest BCUT2D eigenvalue weighted by atomic mass is 10.2. The summed E-state index contributed by atoms with van der Waals surface area (Å²) in [6, 6.07) is 7.11. The zero-order valence-electron chi connectivity index (χ0n) is 11.0. The van der Waals surface area contributed by atoms with Crippen molar-refractivity contribution in [1.82, 2.24) is 4.90 Å². The van der Waals surface area contributed by atoms with Gasteiger partial charge in [-0.3, -0.25) is 4.79 Å². The summed E-state index contributed by atoms with van der Waals surface area (Å²) >= 11 is 5.91. The number of hydrogen-bond donors (Lipinski definition) is 0. The lowest BCUT2D eigenvalue weighted by molar-refractivity contribution is -0.142. The van der Waals surface area contributed by atoms with Gasteiger partial charge in [0.1, 0.15) is 5.75 Å². The normalized spacial score (nSPS) is 17.1. The summed E-state index contributed by atoms with van der Waals surface area (Å²) in [7, 11) is 0. The van der Waals surface area contributed by atoms with Gasteiger partial charge >= 0.3 is 0 Å². The molecule has 1 amide bonds. The van der Waals surface area contributed by atoms with Gasteiger partial charge in [-0.2, -0.15) is 0 Å². The van der Waals surface area contributed by atoms with E-state index in [0.717, 1.165) is 0 Å². The molecule has 19 heavy (non-hydrogen) atoms. The second-order valence-corrected chi connectivity index (χ2v) is 4.85. The summed E-state index contributed by atoms with van der Waals surface area (Å²) < 4.78 is 11.0. The van der Waals surface area contributed by atoms with Crippen LogP contribution >= 0.6 is 11.6 Å². The van der Waals surface area contributed by atoms with E-state index in [1.807, 2.05) is 13.0 Å². The predicted molar refractivity (Wildman–Crippen MR) is 73.6 cm³/mol. The topological polar surface area (TPSA) is 38.8 Å². The molecule has 1 saturated heterocycles. The second kappa shape index (κ2) is 6.78. The lowest BCUT2D eigenvalue weighted by Gasteiger charge is -2.30. The van der Waals surface area contributed by atoms with E-state index in [-0.39, 0.29) is 5.91 Å². The molecule has 1 atom stereocenters. The lowest BCUT2D eigenvalue weighted by Crippen LogP contribution is -2.47. The fourth-order valence-corrected chi connectivity index (χ4v) is 2.18. The first-order valence-corrected chi connectivity index (χ1v) is 6.87. The van der Waals surface area contributed by atoms with Crippen LogP contribution < -0.4 is 4.74 Å². The number of hydrogen-bond acceptors (Lipinski definition) is 3. The zero-order valence-corrected chi connectivity index (χ0v) is 11.7. The summed E-state index contributed by atoms with van der Waals surface area (Å²) in [5.41, 5.74) is 0. The first-order valence-electron chi connectivity index (χ1n) is 6.49. The summed E-state index contributed by atoms with van der Waals surface area (Å²) in [5.74, 6) is 0.645. The van der Waals surface area contributed by atoms with Crippen LogP contribution in [0, 0.1) is 0 Å². The minimum Gasteiger partial charge on any atom is -0.481 e. The minimum absolute atomic E-state index is 0.0192. The molecule has 0 aromatic heterocycles. The number of ether oxygens (including phenoxy) is 2. The molecule has 0 bridgehead atoms. The van der Waals surface area contributed by atoms with Crippen LogP contribution in [-0.4, -0.2) is 43.2 Å². The Morgan fingerprint density at radius 2 is 2.21 bits per heavy atom. The molecular formula is C14H18ClNO3. The molecule has 1 heterocycles. The molecule has 104 valence electrons. The Balaban J connectivity index is 2.00. The highest BCUT2D eigenvalue weighted by atomic mass is 35.5. The van der Waals surface area contributed by atoms with Crippen molar-refractivity contribution < 1.29 is 14.3 Å². The largest absolute Gasteiger partial charge is 0.481 e. The van der Waals surface area contributed by atoms with Gasteiger partial charge in [-0.05, 0) is 24.6 Å². The number of nitrogens with zero attached hydrogens (tertiary/aromatic N) is 1. The Hall–Kier alpha value is -1.26. The molecule has 0 radical (unpaired) electrons. The second-order valence-electron chi connectivity index (χ2n) is 4.41. The maximum atomic E-state index is 12.3. The van der Waals surface area contributed by atoms with Crippen LogP contribution in [0.25, 0.3) is 0 Å². The van der Waals surface area contributed by atoms with Crippen molar-refractivity contribution in [2.24, 2.45) is 0 Å². The molecule has 2 rings (SSSR count). The van der Waals surface area contributed by atoms with E-state index in [0.29, 0.717) is 43.5 Å². The van der Waals surface area contributed by atoms with Crippen LogP contribution in [0.3, 0.4) is 0 Å². The number of halogens is 1. The SMILES string of the molecule is CC[C@H](Oc1cccc(Cl)c1)C(=O)N1CCOCC1. The van der Waals surface area contributed by atoms with Gasteiger partial charge in [-0.1, -0.05) is 24.6 Å². The maximum absolute atomic E-state index is 12.3. The number of amides is 1. The third-order valence-corrected chi connectivity index (χ3v) is 3.28. The number of rotatable bonds is 4. The Morgan fingerprint density at radius 1 is 1.47 bits per heavy atom. The highest BCUT2D eigenvalue weighted by Gasteiger charge is 2.26. The van der Waals surface area contributed by atoms with Crippen LogP contribution in [0.5, 0.6) is 5.75 Å². The van der Waals surface area contributed by atoms with Crippen molar-refractivity contribution >= 4 is 17.5 Å². The molecule has 1 aliphatic rings. The van der Waals surface area contributed by atoms with Crippen molar-refractivity contribution in [3.63, 3.8) is 0 Å². The van der Waals surface area contributed by atoms with Crippen LogP contribution in [0.1, 0.15) is 13.3 Å². The molecule has 1 aromatic rings. The van der Waals surface area contributed by atoms with Crippen LogP contribution in [0.2, 0.25) is 5.02 Å². The maximum Gasteiger partial charge on any atom is 0.263 e. The first kappa shape index (κ1) is 14.2. The van der Waals surface area contributed by atoms with Gasteiger partial charge < -0.3 is 14.4 Å². The van der Waals surface area contributed by atoms with E-state index < -0.39 is 6.10 Å². The van der Waals surface area contributed by atoms with E-state index in [9.17, 15) is 4.79 Å². The zero-order chi connectivity index (χ0) is 13.7. The third-order valence-electron chi connectivity index (χ3n) is 3.04. The molecular weight excluding hydrogens is 266 g/mol. The fourth-order valence-electron chi connectivity index (χ4n) is 2.00. The van der Waals surface area contributed by atoms with Crippen molar-refractivity contribution in [1.29, 1.82) is 0 Å². The van der Waals surface area contributed by atoms with Crippen LogP contribution in [0.4, 0.5) is 0 Å². The average molecular weight is 284 g/mol. The van der Waals surface area contributed by atoms with Gasteiger partial charge in [0.25, 0.3) is 5.91 Å². The van der Waals surface area contributed by atoms with Gasteiger partial charge in [-0.25, -0.2) is 0 Å².